The summed E-state index contributed by atoms with van der Waals surface area (Å²) in [5.74, 6) is 0. The second-order valence-electron chi connectivity index (χ2n) is 8.91. The van der Waals surface area contributed by atoms with Gasteiger partial charge in [0.25, 0.3) is 0 Å². The molecule has 0 unspecified atom stereocenters. The first-order valence-electron chi connectivity index (χ1n) is 10.8. The van der Waals surface area contributed by atoms with E-state index in [0.29, 0.717) is 5.41 Å². The maximum Gasteiger partial charge on any atom is 1.00 e. The van der Waals surface area contributed by atoms with Crippen LogP contribution in [0.15, 0.2) is 62.7 Å². The molecule has 0 saturated carbocycles. The standard InChI is InChI=1S/C26H39N/c1-7-8-18-27-19-24-15-14-23(22(24)4)13-11-20(2)12-16-25-21(3)10-9-17-26(25,5)6/h11-13,16,19H,7-10,14-15,17-18H2,1-6H3/p+1/b16-12+,20-11+,23-13+,27-19?. The van der Waals surface area contributed by atoms with Crippen molar-refractivity contribution in [3.63, 3.8) is 0 Å². The Kier molecular flexibility index (Phi) is 8.07. The third kappa shape index (κ3) is 6.19. The highest BCUT2D eigenvalue weighted by Gasteiger charge is 2.26. The van der Waals surface area contributed by atoms with Crippen molar-refractivity contribution in [1.29, 1.82) is 0 Å². The number of rotatable bonds is 7. The quantitative estimate of drug-likeness (QED) is 0.245. The highest BCUT2D eigenvalue weighted by Crippen LogP contribution is 2.40. The monoisotopic (exact) mass is 366 g/mol. The van der Waals surface area contributed by atoms with Crippen LogP contribution >= 0.6 is 0 Å². The Bertz CT molecular complexity index is 711. The van der Waals surface area contributed by atoms with Gasteiger partial charge in [-0.3, -0.25) is 4.99 Å². The van der Waals surface area contributed by atoms with Crippen LogP contribution in [0.4, 0.5) is 0 Å². The van der Waals surface area contributed by atoms with E-state index in [1.807, 2.05) is 0 Å². The fourth-order valence-corrected chi connectivity index (χ4v) is 4.16. The molecule has 0 radical (unpaired) electrons. The van der Waals surface area contributed by atoms with Crippen LogP contribution in [0.25, 0.3) is 0 Å². The van der Waals surface area contributed by atoms with Crippen LogP contribution in [0, 0.1) is 5.41 Å². The number of hydrogen-bond donors (Lipinski definition) is 0. The van der Waals surface area contributed by atoms with E-state index in [0.717, 1.165) is 19.4 Å². The number of unbranched alkanes of at least 4 members (excludes halogenated alkanes) is 1. The average molecular weight is 367 g/mol. The first kappa shape index (κ1) is 21.7. The Morgan fingerprint density at radius 2 is 1.96 bits per heavy atom. The van der Waals surface area contributed by atoms with Gasteiger partial charge in [-0.15, -0.1) is 0 Å². The molecule has 0 fully saturated rings. The minimum atomic E-state index is 0. The van der Waals surface area contributed by atoms with Crippen LogP contribution in [0.2, 0.25) is 0 Å². The molecule has 0 heterocycles. The van der Waals surface area contributed by atoms with E-state index in [1.165, 1.54) is 60.0 Å². The topological polar surface area (TPSA) is 12.4 Å². The fraction of sp³-hybridized carbons (Fsp3) is 0.577. The highest BCUT2D eigenvalue weighted by molar-refractivity contribution is 5.82. The Morgan fingerprint density at radius 3 is 2.67 bits per heavy atom. The van der Waals surface area contributed by atoms with Crippen molar-refractivity contribution in [3.8, 4) is 0 Å². The highest BCUT2D eigenvalue weighted by atomic mass is 14.7. The van der Waals surface area contributed by atoms with Crippen LogP contribution < -0.4 is 0 Å². The number of aliphatic imine (C=N–C) groups is 1. The van der Waals surface area contributed by atoms with Crippen LogP contribution in [0.5, 0.6) is 0 Å². The molecular formula is C26H40N+. The molecule has 1 heteroatoms. The molecule has 0 aromatic carbocycles. The van der Waals surface area contributed by atoms with Crippen LogP contribution in [0.1, 0.15) is 87.9 Å². The second kappa shape index (κ2) is 10.1. The zero-order chi connectivity index (χ0) is 19.9. The molecule has 1 nitrogen and oxygen atoms in total. The van der Waals surface area contributed by atoms with Gasteiger partial charge in [0.15, 0.2) is 0 Å². The zero-order valence-corrected chi connectivity index (χ0v) is 18.5. The lowest BCUT2D eigenvalue weighted by Crippen LogP contribution is -2.19. The van der Waals surface area contributed by atoms with Crippen molar-refractivity contribution in [2.24, 2.45) is 10.4 Å². The third-order valence-corrected chi connectivity index (χ3v) is 6.12. The summed E-state index contributed by atoms with van der Waals surface area (Å²) < 4.78 is 0. The Hall–Kier alpha value is -1.63. The smallest absolute Gasteiger partial charge is 0.293 e. The molecule has 2 rings (SSSR count). The van der Waals surface area contributed by atoms with Crippen molar-refractivity contribution < 1.29 is 1.43 Å². The second-order valence-corrected chi connectivity index (χ2v) is 8.91. The molecule has 0 amide bonds. The van der Waals surface area contributed by atoms with E-state index >= 15 is 0 Å². The Balaban J connectivity index is 0.00000392. The summed E-state index contributed by atoms with van der Waals surface area (Å²) in [5, 5.41) is 0. The minimum Gasteiger partial charge on any atom is -0.293 e. The molecular weight excluding hydrogens is 326 g/mol. The predicted octanol–water partition coefficient (Wildman–Crippen LogP) is 8.04. The molecule has 148 valence electrons. The maximum atomic E-state index is 4.58. The number of nitrogens with zero attached hydrogens (tertiary/aromatic N) is 1. The van der Waals surface area contributed by atoms with Gasteiger partial charge in [0.05, 0.1) is 0 Å². The van der Waals surface area contributed by atoms with Gasteiger partial charge in [0, 0.05) is 12.8 Å². The molecule has 2 aliphatic rings. The molecule has 0 aliphatic heterocycles. The van der Waals surface area contributed by atoms with E-state index in [-0.39, 0.29) is 1.43 Å². The van der Waals surface area contributed by atoms with Gasteiger partial charge in [-0.2, -0.15) is 0 Å². The molecule has 0 atom stereocenters. The van der Waals surface area contributed by atoms with E-state index in [2.05, 4.69) is 77.1 Å². The van der Waals surface area contributed by atoms with Crippen LogP contribution in [0.3, 0.4) is 0 Å². The third-order valence-electron chi connectivity index (χ3n) is 6.12. The summed E-state index contributed by atoms with van der Waals surface area (Å²) in [7, 11) is 0. The van der Waals surface area contributed by atoms with Crippen molar-refractivity contribution in [1.82, 2.24) is 0 Å². The maximum absolute atomic E-state index is 4.58. The van der Waals surface area contributed by atoms with Gasteiger partial charge in [-0.05, 0) is 87.0 Å². The van der Waals surface area contributed by atoms with E-state index in [1.54, 1.807) is 5.57 Å². The Morgan fingerprint density at radius 1 is 1.19 bits per heavy atom. The molecule has 0 bridgehead atoms. The first-order valence-corrected chi connectivity index (χ1v) is 10.8. The molecule has 0 spiro atoms. The summed E-state index contributed by atoms with van der Waals surface area (Å²) in [6.07, 6.45) is 19.9. The lowest BCUT2D eigenvalue weighted by atomic mass is 9.72. The van der Waals surface area contributed by atoms with Crippen molar-refractivity contribution >= 4 is 6.21 Å². The number of hydrogen-bond acceptors (Lipinski definition) is 1. The van der Waals surface area contributed by atoms with E-state index in [9.17, 15) is 0 Å². The summed E-state index contributed by atoms with van der Waals surface area (Å²) in [6, 6.07) is 0. The zero-order valence-electron chi connectivity index (χ0n) is 19.5. The largest absolute Gasteiger partial charge is 1.00 e. The Labute approximate surface area is 169 Å². The molecule has 0 N–H and O–H groups in total. The van der Waals surface area contributed by atoms with Crippen molar-refractivity contribution in [2.45, 2.75) is 86.5 Å². The summed E-state index contributed by atoms with van der Waals surface area (Å²) in [4.78, 5) is 4.58. The first-order chi connectivity index (χ1) is 12.8. The van der Waals surface area contributed by atoms with Gasteiger partial charge >= 0.3 is 1.43 Å². The lowest BCUT2D eigenvalue weighted by Gasteiger charge is -2.32. The van der Waals surface area contributed by atoms with E-state index < -0.39 is 0 Å². The van der Waals surface area contributed by atoms with Crippen molar-refractivity contribution in [3.05, 3.63) is 57.7 Å². The molecule has 2 aliphatic carbocycles. The van der Waals surface area contributed by atoms with Gasteiger partial charge in [-0.1, -0.05) is 62.6 Å². The lowest BCUT2D eigenvalue weighted by molar-refractivity contribution is 0.377. The van der Waals surface area contributed by atoms with Crippen LogP contribution in [-0.4, -0.2) is 12.8 Å². The van der Waals surface area contributed by atoms with Gasteiger partial charge in [0.1, 0.15) is 0 Å². The van der Waals surface area contributed by atoms with Crippen molar-refractivity contribution in [2.75, 3.05) is 6.54 Å². The van der Waals surface area contributed by atoms with Gasteiger partial charge in [0.2, 0.25) is 0 Å². The van der Waals surface area contributed by atoms with Gasteiger partial charge < -0.3 is 0 Å². The molecule has 0 aromatic heterocycles. The predicted molar refractivity (Wildman–Crippen MR) is 123 cm³/mol. The average Bonchev–Trinajstić information content (AvgIpc) is 2.96. The normalized spacial score (nSPS) is 22.9. The molecule has 27 heavy (non-hydrogen) atoms. The molecule has 0 aromatic rings. The van der Waals surface area contributed by atoms with Gasteiger partial charge in [-0.25, -0.2) is 0 Å². The summed E-state index contributed by atoms with van der Waals surface area (Å²) >= 11 is 0. The summed E-state index contributed by atoms with van der Waals surface area (Å²) in [6.45, 7) is 14.7. The number of allylic oxidation sites excluding steroid dienone is 10. The fourth-order valence-electron chi connectivity index (χ4n) is 4.16. The minimum absolute atomic E-state index is 0. The molecule has 0 saturated heterocycles. The summed E-state index contributed by atoms with van der Waals surface area (Å²) in [5.41, 5.74) is 9.05. The van der Waals surface area contributed by atoms with E-state index in [4.69, 9.17) is 0 Å². The van der Waals surface area contributed by atoms with Crippen LogP contribution in [-0.2, 0) is 0 Å². The SMILES string of the molecule is CCCCN=CC1=C(C)/C(=C/C=C(C)/C=C/C2=C(C)CCCC2(C)C)CC1.[H+].